The Morgan fingerprint density at radius 2 is 2.12 bits per heavy atom. The van der Waals surface area contributed by atoms with Crippen LogP contribution in [0.2, 0.25) is 0 Å². The average molecular weight is 242 g/mol. The Hall–Kier alpha value is -1.10. The first-order valence-corrected chi connectivity index (χ1v) is 6.29. The summed E-state index contributed by atoms with van der Waals surface area (Å²) in [6.45, 7) is 2.14. The van der Waals surface area contributed by atoms with Crippen LogP contribution in [0.25, 0.3) is 0 Å². The van der Waals surface area contributed by atoms with Crippen molar-refractivity contribution in [1.82, 2.24) is 5.32 Å². The molecule has 0 aromatic heterocycles. The molecule has 0 aromatic carbocycles. The Morgan fingerprint density at radius 1 is 1.47 bits per heavy atom. The van der Waals surface area contributed by atoms with Gasteiger partial charge in [-0.25, -0.2) is 0 Å². The lowest BCUT2D eigenvalue weighted by Gasteiger charge is -2.14. The summed E-state index contributed by atoms with van der Waals surface area (Å²) in [5, 5.41) is 11.6. The predicted octanol–water partition coefficient (Wildman–Crippen LogP) is 0.731. The van der Waals surface area contributed by atoms with Gasteiger partial charge in [0, 0.05) is 19.0 Å². The maximum atomic E-state index is 11.5. The van der Waals surface area contributed by atoms with Gasteiger partial charge in [-0.3, -0.25) is 9.59 Å². The maximum Gasteiger partial charge on any atom is 0.308 e. The Labute approximate surface area is 102 Å². The third-order valence-corrected chi connectivity index (χ3v) is 3.18. The lowest BCUT2D eigenvalue weighted by atomic mass is 10.0. The van der Waals surface area contributed by atoms with Crippen LogP contribution in [0, 0.1) is 11.8 Å². The lowest BCUT2D eigenvalue weighted by Crippen LogP contribution is -2.37. The molecular weight excluding hydrogens is 220 g/mol. The molecular formula is C12H22N2O3. The molecule has 1 saturated carbocycles. The zero-order chi connectivity index (χ0) is 12.8. The summed E-state index contributed by atoms with van der Waals surface area (Å²) in [5.41, 5.74) is 5.83. The molecule has 0 radical (unpaired) electrons. The Bertz CT molecular complexity index is 277. The molecule has 0 bridgehead atoms. The highest BCUT2D eigenvalue weighted by molar-refractivity contribution is 5.78. The summed E-state index contributed by atoms with van der Waals surface area (Å²) in [5.74, 6) is -0.974. The van der Waals surface area contributed by atoms with E-state index in [-0.39, 0.29) is 18.5 Å². The third-order valence-electron chi connectivity index (χ3n) is 3.18. The summed E-state index contributed by atoms with van der Waals surface area (Å²) in [6.07, 6.45) is 3.92. The Morgan fingerprint density at radius 3 is 2.59 bits per heavy atom. The van der Waals surface area contributed by atoms with Crippen LogP contribution in [0.1, 0.15) is 39.0 Å². The summed E-state index contributed by atoms with van der Waals surface area (Å²) in [7, 11) is 0. The minimum Gasteiger partial charge on any atom is -0.481 e. The number of carbonyl (C=O) groups is 2. The number of carboxylic acid groups (broad SMARTS) is 1. The van der Waals surface area contributed by atoms with Gasteiger partial charge in [0.1, 0.15) is 0 Å². The van der Waals surface area contributed by atoms with E-state index in [9.17, 15) is 9.59 Å². The molecule has 4 N–H and O–H groups in total. The van der Waals surface area contributed by atoms with Crippen LogP contribution >= 0.6 is 0 Å². The van der Waals surface area contributed by atoms with Crippen LogP contribution in [-0.2, 0) is 9.59 Å². The number of hydrogen-bond donors (Lipinski definition) is 3. The van der Waals surface area contributed by atoms with E-state index in [1.54, 1.807) is 0 Å². The summed E-state index contributed by atoms with van der Waals surface area (Å²) < 4.78 is 0. The van der Waals surface area contributed by atoms with E-state index in [2.05, 4.69) is 5.32 Å². The van der Waals surface area contributed by atoms with Crippen LogP contribution in [-0.4, -0.2) is 29.6 Å². The topological polar surface area (TPSA) is 92.4 Å². The molecule has 0 heterocycles. The van der Waals surface area contributed by atoms with Gasteiger partial charge in [-0.1, -0.05) is 13.3 Å². The van der Waals surface area contributed by atoms with Crippen LogP contribution in [0.5, 0.6) is 0 Å². The molecule has 0 saturated heterocycles. The van der Waals surface area contributed by atoms with Crippen molar-refractivity contribution in [2.24, 2.45) is 17.6 Å². The molecule has 5 heteroatoms. The van der Waals surface area contributed by atoms with Gasteiger partial charge in [-0.05, 0) is 25.2 Å². The molecule has 98 valence electrons. The van der Waals surface area contributed by atoms with Gasteiger partial charge in [0.15, 0.2) is 0 Å². The number of hydrogen-bond acceptors (Lipinski definition) is 3. The minimum atomic E-state index is -0.848. The smallest absolute Gasteiger partial charge is 0.308 e. The maximum absolute atomic E-state index is 11.5. The van der Waals surface area contributed by atoms with Crippen molar-refractivity contribution in [3.63, 3.8) is 0 Å². The highest BCUT2D eigenvalue weighted by atomic mass is 16.4. The van der Waals surface area contributed by atoms with Gasteiger partial charge in [-0.2, -0.15) is 0 Å². The first-order valence-electron chi connectivity index (χ1n) is 6.29. The molecule has 1 aliphatic rings. The first kappa shape index (κ1) is 14.0. The minimum absolute atomic E-state index is 0.0653. The second-order valence-electron chi connectivity index (χ2n) is 4.83. The fourth-order valence-corrected chi connectivity index (χ4v) is 1.88. The van der Waals surface area contributed by atoms with E-state index in [1.807, 2.05) is 6.92 Å². The normalized spacial score (nSPS) is 18.5. The lowest BCUT2D eigenvalue weighted by molar-refractivity contribution is -0.141. The average Bonchev–Trinajstić information content (AvgIpc) is 3.07. The van der Waals surface area contributed by atoms with E-state index < -0.39 is 11.9 Å². The van der Waals surface area contributed by atoms with Crippen LogP contribution < -0.4 is 11.1 Å². The van der Waals surface area contributed by atoms with Gasteiger partial charge in [0.2, 0.25) is 5.91 Å². The Kier molecular flexibility index (Phi) is 5.41. The molecule has 5 nitrogen and oxygen atoms in total. The highest BCUT2D eigenvalue weighted by Gasteiger charge is 2.30. The number of carboxylic acids is 1. The second-order valence-corrected chi connectivity index (χ2v) is 4.83. The molecule has 2 unspecified atom stereocenters. The van der Waals surface area contributed by atoms with Crippen LogP contribution in [0.15, 0.2) is 0 Å². The van der Waals surface area contributed by atoms with Crippen LogP contribution in [0.4, 0.5) is 0 Å². The molecule has 1 amide bonds. The molecule has 1 aliphatic carbocycles. The molecule has 1 rings (SSSR count). The van der Waals surface area contributed by atoms with E-state index in [0.717, 1.165) is 19.3 Å². The molecule has 2 atom stereocenters. The van der Waals surface area contributed by atoms with Crippen molar-refractivity contribution in [3.05, 3.63) is 0 Å². The zero-order valence-corrected chi connectivity index (χ0v) is 10.3. The van der Waals surface area contributed by atoms with Crippen molar-refractivity contribution in [2.75, 3.05) is 6.54 Å². The van der Waals surface area contributed by atoms with E-state index >= 15 is 0 Å². The van der Waals surface area contributed by atoms with E-state index in [0.29, 0.717) is 18.8 Å². The predicted molar refractivity (Wildman–Crippen MR) is 64.4 cm³/mol. The number of nitrogens with two attached hydrogens (primary N) is 1. The standard InChI is InChI=1S/C12H22N2O3/c1-2-3-9(12(16)17)7-14-11(15)6-10(13)8-4-5-8/h8-10H,2-7,13H2,1H3,(H,14,15)(H,16,17). The van der Waals surface area contributed by atoms with E-state index in [1.165, 1.54) is 0 Å². The van der Waals surface area contributed by atoms with Gasteiger partial charge < -0.3 is 16.2 Å². The summed E-state index contributed by atoms with van der Waals surface area (Å²) in [6, 6.07) is -0.0653. The quantitative estimate of drug-likeness (QED) is 0.585. The Balaban J connectivity index is 2.22. The van der Waals surface area contributed by atoms with Crippen molar-refractivity contribution in [3.8, 4) is 0 Å². The molecule has 0 aromatic rings. The fraction of sp³-hybridized carbons (Fsp3) is 0.833. The van der Waals surface area contributed by atoms with Crippen LogP contribution in [0.3, 0.4) is 0 Å². The molecule has 17 heavy (non-hydrogen) atoms. The number of nitrogens with one attached hydrogen (secondary N) is 1. The van der Waals surface area contributed by atoms with Gasteiger partial charge in [0.05, 0.1) is 5.92 Å². The van der Waals surface area contributed by atoms with E-state index in [4.69, 9.17) is 10.8 Å². The summed E-state index contributed by atoms with van der Waals surface area (Å²) in [4.78, 5) is 22.4. The highest BCUT2D eigenvalue weighted by Crippen LogP contribution is 2.32. The fourth-order valence-electron chi connectivity index (χ4n) is 1.88. The van der Waals surface area contributed by atoms with Gasteiger partial charge >= 0.3 is 5.97 Å². The van der Waals surface area contributed by atoms with Gasteiger partial charge in [0.25, 0.3) is 0 Å². The number of rotatable bonds is 8. The monoisotopic (exact) mass is 242 g/mol. The summed E-state index contributed by atoms with van der Waals surface area (Å²) >= 11 is 0. The third kappa shape index (κ3) is 5.17. The largest absolute Gasteiger partial charge is 0.481 e. The second kappa shape index (κ2) is 6.59. The van der Waals surface area contributed by atoms with Crippen molar-refractivity contribution in [1.29, 1.82) is 0 Å². The number of carbonyl (C=O) groups excluding carboxylic acids is 1. The number of aliphatic carboxylic acids is 1. The first-order chi connectivity index (χ1) is 8.04. The zero-order valence-electron chi connectivity index (χ0n) is 10.3. The van der Waals surface area contributed by atoms with Gasteiger partial charge in [-0.15, -0.1) is 0 Å². The molecule has 1 fully saturated rings. The number of amides is 1. The molecule has 0 spiro atoms. The van der Waals surface area contributed by atoms with Crippen molar-refractivity contribution < 1.29 is 14.7 Å². The van der Waals surface area contributed by atoms with Crippen molar-refractivity contribution in [2.45, 2.75) is 45.1 Å². The SMILES string of the molecule is CCCC(CNC(=O)CC(N)C1CC1)C(=O)O. The van der Waals surface area contributed by atoms with Crippen molar-refractivity contribution >= 4 is 11.9 Å². The molecule has 0 aliphatic heterocycles.